The molecule has 1 fully saturated rings. The van der Waals surface area contributed by atoms with Crippen LogP contribution in [0.5, 0.6) is 5.75 Å². The van der Waals surface area contributed by atoms with Gasteiger partial charge in [-0.3, -0.25) is 0 Å². The maximum absolute atomic E-state index is 9.09. The minimum atomic E-state index is -0.422. The molecule has 0 radical (unpaired) electrons. The van der Waals surface area contributed by atoms with E-state index in [2.05, 4.69) is 0 Å². The van der Waals surface area contributed by atoms with Crippen LogP contribution in [0.2, 0.25) is 0 Å². The number of rotatable bonds is 3. The maximum Gasteiger partial charge on any atom is 0.122 e. The number of aliphatic hydroxyl groups is 1. The first-order valence-corrected chi connectivity index (χ1v) is 4.74. The van der Waals surface area contributed by atoms with Gasteiger partial charge in [0.15, 0.2) is 0 Å². The van der Waals surface area contributed by atoms with E-state index in [4.69, 9.17) is 15.6 Å². The zero-order valence-electron chi connectivity index (χ0n) is 8.23. The Morgan fingerprint density at radius 2 is 2.29 bits per heavy atom. The van der Waals surface area contributed by atoms with E-state index in [-0.39, 0.29) is 12.5 Å². The van der Waals surface area contributed by atoms with E-state index in [1.165, 1.54) is 0 Å². The summed E-state index contributed by atoms with van der Waals surface area (Å²) < 4.78 is 5.25. The van der Waals surface area contributed by atoms with Gasteiger partial charge in [0.1, 0.15) is 5.75 Å². The molecular formula is C11H15NO2. The molecule has 1 aliphatic rings. The second-order valence-electron chi connectivity index (χ2n) is 3.89. The van der Waals surface area contributed by atoms with Crippen molar-refractivity contribution in [1.29, 1.82) is 0 Å². The number of benzene rings is 1. The van der Waals surface area contributed by atoms with Crippen molar-refractivity contribution in [2.45, 2.75) is 17.9 Å². The predicted molar refractivity (Wildman–Crippen MR) is 54.4 cm³/mol. The zero-order chi connectivity index (χ0) is 10.2. The van der Waals surface area contributed by atoms with Crippen molar-refractivity contribution >= 4 is 0 Å². The summed E-state index contributed by atoms with van der Waals surface area (Å²) in [6.07, 6.45) is 0.837. The quantitative estimate of drug-likeness (QED) is 0.749. The third-order valence-electron chi connectivity index (χ3n) is 2.93. The molecule has 1 aliphatic carbocycles. The van der Waals surface area contributed by atoms with Crippen molar-refractivity contribution in [2.24, 2.45) is 5.73 Å². The van der Waals surface area contributed by atoms with Gasteiger partial charge in [0.05, 0.1) is 13.7 Å². The number of hydrogen-bond acceptors (Lipinski definition) is 3. The van der Waals surface area contributed by atoms with Crippen LogP contribution in [0, 0.1) is 0 Å². The van der Waals surface area contributed by atoms with Crippen molar-refractivity contribution in [2.75, 3.05) is 13.7 Å². The fourth-order valence-electron chi connectivity index (χ4n) is 1.87. The van der Waals surface area contributed by atoms with Gasteiger partial charge in [-0.15, -0.1) is 0 Å². The maximum atomic E-state index is 9.09. The van der Waals surface area contributed by atoms with Gasteiger partial charge in [0, 0.05) is 11.5 Å². The third-order valence-corrected chi connectivity index (χ3v) is 2.93. The second-order valence-corrected chi connectivity index (χ2v) is 3.89. The summed E-state index contributed by atoms with van der Waals surface area (Å²) in [4.78, 5) is 0. The number of ether oxygens (including phenoxy) is 1. The number of methoxy groups -OCH3 is 1. The van der Waals surface area contributed by atoms with Gasteiger partial charge in [-0.2, -0.15) is 0 Å². The number of aliphatic hydroxyl groups excluding tert-OH is 1. The zero-order valence-corrected chi connectivity index (χ0v) is 8.23. The van der Waals surface area contributed by atoms with E-state index < -0.39 is 5.54 Å². The highest BCUT2D eigenvalue weighted by Gasteiger charge is 2.52. The van der Waals surface area contributed by atoms with Crippen LogP contribution in [0.25, 0.3) is 0 Å². The highest BCUT2D eigenvalue weighted by atomic mass is 16.5. The van der Waals surface area contributed by atoms with Gasteiger partial charge in [0.2, 0.25) is 0 Å². The normalized spacial score (nSPS) is 30.1. The molecule has 0 saturated heterocycles. The summed E-state index contributed by atoms with van der Waals surface area (Å²) in [7, 11) is 1.65. The van der Waals surface area contributed by atoms with Crippen LogP contribution in [-0.4, -0.2) is 24.4 Å². The average molecular weight is 193 g/mol. The van der Waals surface area contributed by atoms with E-state index in [0.29, 0.717) is 0 Å². The van der Waals surface area contributed by atoms with Crippen molar-refractivity contribution in [3.8, 4) is 5.75 Å². The Hall–Kier alpha value is -1.06. The first kappa shape index (κ1) is 9.49. The fraction of sp³-hybridized carbons (Fsp3) is 0.455. The lowest BCUT2D eigenvalue weighted by molar-refractivity contribution is 0.253. The number of hydrogen-bond donors (Lipinski definition) is 2. The Morgan fingerprint density at radius 1 is 1.57 bits per heavy atom. The lowest BCUT2D eigenvalue weighted by Crippen LogP contribution is -2.28. The van der Waals surface area contributed by atoms with Gasteiger partial charge in [0.25, 0.3) is 0 Å². The van der Waals surface area contributed by atoms with Gasteiger partial charge in [-0.25, -0.2) is 0 Å². The smallest absolute Gasteiger partial charge is 0.122 e. The highest BCUT2D eigenvalue weighted by molar-refractivity contribution is 5.43. The summed E-state index contributed by atoms with van der Waals surface area (Å²) in [5, 5.41) is 9.09. The molecule has 1 aromatic carbocycles. The van der Waals surface area contributed by atoms with Crippen LogP contribution in [0.4, 0.5) is 0 Å². The van der Waals surface area contributed by atoms with Crippen LogP contribution in [0.3, 0.4) is 0 Å². The molecule has 76 valence electrons. The minimum absolute atomic E-state index is 0.0374. The summed E-state index contributed by atoms with van der Waals surface area (Å²) in [5.41, 5.74) is 6.62. The minimum Gasteiger partial charge on any atom is -0.496 e. The Labute approximate surface area is 83.5 Å². The molecule has 2 rings (SSSR count). The molecule has 2 atom stereocenters. The van der Waals surface area contributed by atoms with E-state index in [1.54, 1.807) is 7.11 Å². The van der Waals surface area contributed by atoms with Crippen LogP contribution >= 0.6 is 0 Å². The topological polar surface area (TPSA) is 55.5 Å². The molecule has 0 bridgehead atoms. The first-order valence-electron chi connectivity index (χ1n) is 4.74. The molecular weight excluding hydrogens is 178 g/mol. The molecule has 14 heavy (non-hydrogen) atoms. The molecule has 3 nitrogen and oxygen atoms in total. The molecule has 3 N–H and O–H groups in total. The first-order chi connectivity index (χ1) is 6.71. The molecule has 0 heterocycles. The Morgan fingerprint density at radius 3 is 2.86 bits per heavy atom. The molecule has 2 unspecified atom stereocenters. The van der Waals surface area contributed by atoms with Crippen molar-refractivity contribution in [3.05, 3.63) is 29.8 Å². The molecule has 0 aromatic heterocycles. The standard InChI is InChI=1S/C11H15NO2/c1-14-10-5-3-2-4-8(10)9-6-11(9,12)7-13/h2-5,9,13H,6-7,12H2,1H3. The largest absolute Gasteiger partial charge is 0.496 e. The lowest BCUT2D eigenvalue weighted by atomic mass is 10.1. The highest BCUT2D eigenvalue weighted by Crippen LogP contribution is 2.51. The molecule has 1 aromatic rings. The Kier molecular flexibility index (Phi) is 2.21. The lowest BCUT2D eigenvalue weighted by Gasteiger charge is -2.10. The van der Waals surface area contributed by atoms with Crippen LogP contribution in [-0.2, 0) is 0 Å². The summed E-state index contributed by atoms with van der Waals surface area (Å²) >= 11 is 0. The van der Waals surface area contributed by atoms with Crippen LogP contribution in [0.15, 0.2) is 24.3 Å². The van der Waals surface area contributed by atoms with Crippen molar-refractivity contribution < 1.29 is 9.84 Å². The van der Waals surface area contributed by atoms with E-state index in [9.17, 15) is 0 Å². The average Bonchev–Trinajstić information content (AvgIpc) is 2.91. The van der Waals surface area contributed by atoms with Gasteiger partial charge in [-0.1, -0.05) is 18.2 Å². The fourth-order valence-corrected chi connectivity index (χ4v) is 1.87. The second kappa shape index (κ2) is 3.26. The van der Waals surface area contributed by atoms with Crippen molar-refractivity contribution in [3.63, 3.8) is 0 Å². The molecule has 1 saturated carbocycles. The molecule has 0 amide bonds. The summed E-state index contributed by atoms with van der Waals surface area (Å²) in [5.74, 6) is 1.10. The number of para-hydroxylation sites is 1. The molecule has 0 spiro atoms. The number of nitrogens with two attached hydrogens (primary N) is 1. The molecule has 3 heteroatoms. The summed E-state index contributed by atoms with van der Waals surface area (Å²) in [6, 6.07) is 7.83. The van der Waals surface area contributed by atoms with Crippen LogP contribution in [0.1, 0.15) is 17.9 Å². The van der Waals surface area contributed by atoms with Crippen molar-refractivity contribution in [1.82, 2.24) is 0 Å². The third kappa shape index (κ3) is 1.38. The van der Waals surface area contributed by atoms with E-state index >= 15 is 0 Å². The van der Waals surface area contributed by atoms with Gasteiger partial charge < -0.3 is 15.6 Å². The SMILES string of the molecule is COc1ccccc1C1CC1(N)CO. The van der Waals surface area contributed by atoms with Gasteiger partial charge >= 0.3 is 0 Å². The van der Waals surface area contributed by atoms with E-state index in [1.807, 2.05) is 24.3 Å². The molecule has 0 aliphatic heterocycles. The Balaban J connectivity index is 2.26. The monoisotopic (exact) mass is 193 g/mol. The van der Waals surface area contributed by atoms with E-state index in [0.717, 1.165) is 17.7 Å². The Bertz CT molecular complexity index is 340. The predicted octanol–water partition coefficient (Wildman–Crippen LogP) is 0.872. The van der Waals surface area contributed by atoms with Gasteiger partial charge in [-0.05, 0) is 18.1 Å². The van der Waals surface area contributed by atoms with Crippen LogP contribution < -0.4 is 10.5 Å². The summed E-state index contributed by atoms with van der Waals surface area (Å²) in [6.45, 7) is 0.0374.